The molecule has 3 aromatic rings. The second-order valence-corrected chi connectivity index (χ2v) is 12.4. The number of aryl methyl sites for hydroxylation is 1. The highest BCUT2D eigenvalue weighted by Gasteiger charge is 2.64. The predicted molar refractivity (Wildman–Crippen MR) is 136 cm³/mol. The van der Waals surface area contributed by atoms with Gasteiger partial charge in [0.1, 0.15) is 23.2 Å². The van der Waals surface area contributed by atoms with Crippen LogP contribution in [0.5, 0.6) is 5.75 Å². The van der Waals surface area contributed by atoms with Gasteiger partial charge in [-0.2, -0.15) is 8.42 Å². The van der Waals surface area contributed by atoms with E-state index in [4.69, 9.17) is 9.72 Å². The number of aromatic nitrogens is 4. The summed E-state index contributed by atoms with van der Waals surface area (Å²) in [7, 11) is -4.30. The van der Waals surface area contributed by atoms with E-state index in [-0.39, 0.29) is 39.5 Å². The van der Waals surface area contributed by atoms with Crippen LogP contribution in [0.25, 0.3) is 11.2 Å². The van der Waals surface area contributed by atoms with Crippen molar-refractivity contribution in [2.45, 2.75) is 81.9 Å². The molecule has 4 aliphatic carbocycles. The van der Waals surface area contributed by atoms with Gasteiger partial charge in [0.25, 0.3) is 15.7 Å². The Balaban J connectivity index is 1.34. The Kier molecular flexibility index (Phi) is 5.65. The number of aromatic amines is 1. The van der Waals surface area contributed by atoms with Crippen LogP contribution in [0.15, 0.2) is 38.8 Å². The van der Waals surface area contributed by atoms with Crippen molar-refractivity contribution < 1.29 is 17.7 Å². The molecule has 2 atom stereocenters. The number of nitrogens with zero attached hydrogens (tertiary/aromatic N) is 3. The first-order valence-corrected chi connectivity index (χ1v) is 14.6. The molecule has 7 rings (SSSR count). The number of imidazole rings is 1. The van der Waals surface area contributed by atoms with E-state index in [1.54, 1.807) is 16.7 Å². The monoisotopic (exact) mass is 528 g/mol. The Morgan fingerprint density at radius 3 is 2.43 bits per heavy atom. The maximum absolute atomic E-state index is 13.2. The van der Waals surface area contributed by atoms with Crippen LogP contribution < -0.4 is 16.0 Å². The highest BCUT2D eigenvalue weighted by Crippen LogP contribution is 2.66. The number of ether oxygens (including phenoxy) is 1. The predicted octanol–water partition coefficient (Wildman–Crippen LogP) is 3.09. The molecule has 4 fully saturated rings. The molecule has 11 heteroatoms. The minimum atomic E-state index is -4.30. The molecular weight excluding hydrogens is 496 g/mol. The number of hydrogen-bond acceptors (Lipinski definition) is 6. The third-order valence-electron chi connectivity index (χ3n) is 8.74. The van der Waals surface area contributed by atoms with Gasteiger partial charge >= 0.3 is 5.69 Å². The summed E-state index contributed by atoms with van der Waals surface area (Å²) in [6.07, 6.45) is 5.06. The van der Waals surface area contributed by atoms with Crippen molar-refractivity contribution in [3.8, 4) is 5.75 Å². The Morgan fingerprint density at radius 1 is 1.11 bits per heavy atom. The number of fused-ring (bicyclic) bond motifs is 1. The lowest BCUT2D eigenvalue weighted by molar-refractivity contribution is 0.0376. The number of hydrogen-bond donors (Lipinski definition) is 2. The molecule has 10 nitrogen and oxygen atoms in total. The van der Waals surface area contributed by atoms with Crippen LogP contribution in [-0.2, 0) is 28.6 Å². The van der Waals surface area contributed by atoms with Gasteiger partial charge in [0.2, 0.25) is 0 Å². The van der Waals surface area contributed by atoms with Crippen molar-refractivity contribution in [2.24, 2.45) is 17.8 Å². The molecule has 0 saturated heterocycles. The zero-order valence-electron chi connectivity index (χ0n) is 21.0. The maximum Gasteiger partial charge on any atom is 0.332 e. The molecule has 4 bridgehead atoms. The van der Waals surface area contributed by atoms with Crippen LogP contribution in [-0.4, -0.2) is 38.2 Å². The van der Waals surface area contributed by atoms with E-state index in [2.05, 4.69) is 4.98 Å². The Bertz CT molecular complexity index is 1590. The van der Waals surface area contributed by atoms with Gasteiger partial charge in [0.05, 0.1) is 4.90 Å². The molecule has 0 aliphatic heterocycles. The number of H-pyrrole nitrogens is 1. The summed E-state index contributed by atoms with van der Waals surface area (Å²) in [6.45, 7) is 4.83. The van der Waals surface area contributed by atoms with Crippen molar-refractivity contribution >= 4 is 21.3 Å². The molecule has 2 heterocycles. The Labute approximate surface area is 214 Å². The number of nitrogens with one attached hydrogen (secondary N) is 1. The van der Waals surface area contributed by atoms with E-state index < -0.39 is 10.1 Å². The van der Waals surface area contributed by atoms with Gasteiger partial charge in [-0.1, -0.05) is 19.9 Å². The van der Waals surface area contributed by atoms with Crippen molar-refractivity contribution in [1.29, 1.82) is 0 Å². The summed E-state index contributed by atoms with van der Waals surface area (Å²) < 4.78 is 41.8. The summed E-state index contributed by atoms with van der Waals surface area (Å²) in [5, 5.41) is 0. The summed E-state index contributed by atoms with van der Waals surface area (Å²) in [5.74, 6) is 2.20. The number of benzene rings is 1. The van der Waals surface area contributed by atoms with Gasteiger partial charge in [-0.15, -0.1) is 0 Å². The van der Waals surface area contributed by atoms with E-state index in [9.17, 15) is 22.6 Å². The highest BCUT2D eigenvalue weighted by atomic mass is 32.2. The quantitative estimate of drug-likeness (QED) is 0.429. The zero-order valence-corrected chi connectivity index (χ0v) is 21.8. The van der Waals surface area contributed by atoms with E-state index in [1.165, 1.54) is 16.7 Å². The second-order valence-electron chi connectivity index (χ2n) is 11.0. The first-order valence-electron chi connectivity index (χ1n) is 13.1. The smallest absolute Gasteiger partial charge is 0.332 e. The fraction of sp³-hybridized carbons (Fsp3) is 0.577. The van der Waals surface area contributed by atoms with Crippen LogP contribution in [0.3, 0.4) is 0 Å². The van der Waals surface area contributed by atoms with Gasteiger partial charge in [-0.25, -0.2) is 9.78 Å². The Morgan fingerprint density at radius 2 is 1.78 bits per heavy atom. The van der Waals surface area contributed by atoms with E-state index in [1.807, 2.05) is 13.8 Å². The van der Waals surface area contributed by atoms with Crippen molar-refractivity contribution in [3.05, 3.63) is 50.9 Å². The van der Waals surface area contributed by atoms with Gasteiger partial charge in [-0.05, 0) is 68.4 Å². The average Bonchev–Trinajstić information content (AvgIpc) is 3.51. The molecule has 4 saturated carbocycles. The zero-order chi connectivity index (χ0) is 26.1. The van der Waals surface area contributed by atoms with E-state index in [0.29, 0.717) is 42.3 Å². The summed E-state index contributed by atoms with van der Waals surface area (Å²) in [5.41, 5.74) is 0.0812. The van der Waals surface area contributed by atoms with Crippen LogP contribution in [0.4, 0.5) is 0 Å². The lowest BCUT2D eigenvalue weighted by atomic mass is 9.73. The van der Waals surface area contributed by atoms with Crippen LogP contribution in [0.1, 0.15) is 58.2 Å². The minimum absolute atomic E-state index is 0.0482. The fourth-order valence-corrected chi connectivity index (χ4v) is 7.89. The fourth-order valence-electron chi connectivity index (χ4n) is 7.38. The standard InChI is InChI=1S/C26H32N4O6S/c1-3-8-29-22-20(23(31)30(9-4-2)25(29)32)27-24(28-22)26-13-15-10-17(26)11-16(14-26)21(15)36-18-6-5-7-19(12-18)37(33,34)35/h5-7,12,15-17,21H,3-4,8-11,13-14H2,1-2H3,(H,27,28)(H,33,34,35). The van der Waals surface area contributed by atoms with Crippen molar-refractivity contribution in [2.75, 3.05) is 0 Å². The van der Waals surface area contributed by atoms with Gasteiger partial charge in [0, 0.05) is 24.6 Å². The summed E-state index contributed by atoms with van der Waals surface area (Å²) in [4.78, 5) is 34.5. The maximum atomic E-state index is 13.2. The third-order valence-corrected chi connectivity index (χ3v) is 9.59. The summed E-state index contributed by atoms with van der Waals surface area (Å²) >= 11 is 0. The minimum Gasteiger partial charge on any atom is -0.490 e. The van der Waals surface area contributed by atoms with Crippen LogP contribution in [0.2, 0.25) is 0 Å². The highest BCUT2D eigenvalue weighted by molar-refractivity contribution is 7.85. The van der Waals surface area contributed by atoms with Gasteiger partial charge in [0.15, 0.2) is 5.65 Å². The molecule has 2 aromatic heterocycles. The molecule has 0 amide bonds. The molecule has 1 aromatic carbocycles. The molecule has 0 radical (unpaired) electrons. The average molecular weight is 529 g/mol. The van der Waals surface area contributed by atoms with Crippen LogP contribution in [0, 0.1) is 17.8 Å². The number of rotatable bonds is 8. The normalized spacial score (nSPS) is 28.4. The second kappa shape index (κ2) is 8.56. The SMILES string of the molecule is CCCn1c(=O)c2[nH]c(C34CC5CC3CC(C4)C5Oc3cccc(S(=O)(=O)O)c3)nc2n(CCC)c1=O. The lowest BCUT2D eigenvalue weighted by Crippen LogP contribution is -2.40. The molecule has 198 valence electrons. The third kappa shape index (κ3) is 3.69. The first kappa shape index (κ1) is 24.4. The largest absolute Gasteiger partial charge is 0.490 e. The topological polar surface area (TPSA) is 136 Å². The first-order chi connectivity index (χ1) is 17.7. The molecule has 4 aliphatic rings. The van der Waals surface area contributed by atoms with Crippen LogP contribution >= 0.6 is 0 Å². The van der Waals surface area contributed by atoms with E-state index >= 15 is 0 Å². The lowest BCUT2D eigenvalue weighted by Gasteiger charge is -2.38. The molecular formula is C26H32N4O6S. The van der Waals surface area contributed by atoms with Crippen molar-refractivity contribution in [3.63, 3.8) is 0 Å². The molecule has 37 heavy (non-hydrogen) atoms. The van der Waals surface area contributed by atoms with Crippen molar-refractivity contribution in [1.82, 2.24) is 19.1 Å². The molecule has 0 spiro atoms. The Hall–Kier alpha value is -2.92. The molecule has 2 N–H and O–H groups in total. The molecule has 2 unspecified atom stereocenters. The van der Waals surface area contributed by atoms with Gasteiger partial charge in [-0.3, -0.25) is 18.5 Å². The van der Waals surface area contributed by atoms with Gasteiger partial charge < -0.3 is 9.72 Å². The summed E-state index contributed by atoms with van der Waals surface area (Å²) in [6, 6.07) is 6.00. The van der Waals surface area contributed by atoms with E-state index in [0.717, 1.165) is 37.9 Å².